The number of benzene rings is 1. The smallest absolute Gasteiger partial charge is 0.319 e. The van der Waals surface area contributed by atoms with Crippen LogP contribution in [0.5, 0.6) is 0 Å². The summed E-state index contributed by atoms with van der Waals surface area (Å²) in [7, 11) is -3.25. The van der Waals surface area contributed by atoms with Crippen molar-refractivity contribution in [3.8, 4) is 0 Å². The van der Waals surface area contributed by atoms with Gasteiger partial charge in [-0.25, -0.2) is 13.2 Å². The minimum absolute atomic E-state index is 0.206. The second kappa shape index (κ2) is 9.69. The summed E-state index contributed by atoms with van der Waals surface area (Å²) in [5.74, 6) is 0. The van der Waals surface area contributed by atoms with Crippen LogP contribution in [0.3, 0.4) is 0 Å². The van der Waals surface area contributed by atoms with Crippen LogP contribution in [0.25, 0.3) is 0 Å². The van der Waals surface area contributed by atoms with E-state index in [-0.39, 0.29) is 17.3 Å². The maximum atomic E-state index is 12.7. The summed E-state index contributed by atoms with van der Waals surface area (Å²) in [6.45, 7) is 2.46. The Hall–Kier alpha value is -1.60. The number of nitrogens with zero attached hydrogens (tertiary/aromatic N) is 1. The Balaban J connectivity index is 1.24. The van der Waals surface area contributed by atoms with Gasteiger partial charge in [0.25, 0.3) is 0 Å². The Bertz CT molecular complexity index is 805. The Morgan fingerprint density at radius 2 is 1.47 bits per heavy atom. The molecule has 0 radical (unpaired) electrons. The number of likely N-dealkylation sites (tertiary alicyclic amines) is 1. The molecule has 2 saturated carbocycles. The van der Waals surface area contributed by atoms with Gasteiger partial charge in [0, 0.05) is 17.8 Å². The molecule has 4 rings (SSSR count). The van der Waals surface area contributed by atoms with Crippen LogP contribution in [0.15, 0.2) is 29.2 Å². The highest BCUT2D eigenvalue weighted by molar-refractivity contribution is 7.92. The van der Waals surface area contributed by atoms with Crippen molar-refractivity contribution in [3.63, 3.8) is 0 Å². The Morgan fingerprint density at radius 1 is 0.833 bits per heavy atom. The summed E-state index contributed by atoms with van der Waals surface area (Å²) in [6, 6.07) is 7.31. The largest absolute Gasteiger partial charge is 0.335 e. The summed E-state index contributed by atoms with van der Waals surface area (Å²) in [6.07, 6.45) is 11.8. The Labute approximate surface area is 180 Å². The predicted molar refractivity (Wildman–Crippen MR) is 120 cm³/mol. The molecule has 0 spiro atoms. The molecule has 1 heterocycles. The van der Waals surface area contributed by atoms with Crippen LogP contribution in [0.4, 0.5) is 10.5 Å². The van der Waals surface area contributed by atoms with Gasteiger partial charge in [0.2, 0.25) is 0 Å². The number of anilines is 1. The van der Waals surface area contributed by atoms with Crippen molar-refractivity contribution in [2.45, 2.75) is 92.9 Å². The first-order valence-corrected chi connectivity index (χ1v) is 13.2. The van der Waals surface area contributed by atoms with E-state index in [0.717, 1.165) is 51.4 Å². The summed E-state index contributed by atoms with van der Waals surface area (Å²) in [4.78, 5) is 15.4. The lowest BCUT2D eigenvalue weighted by Crippen LogP contribution is -2.46. The van der Waals surface area contributed by atoms with Crippen LogP contribution >= 0.6 is 0 Å². The number of hydrogen-bond donors (Lipinski definition) is 2. The Morgan fingerprint density at radius 3 is 2.10 bits per heavy atom. The van der Waals surface area contributed by atoms with Gasteiger partial charge in [0.1, 0.15) is 0 Å². The molecule has 0 aromatic heterocycles. The molecule has 6 nitrogen and oxygen atoms in total. The first-order valence-electron chi connectivity index (χ1n) is 11.7. The van der Waals surface area contributed by atoms with Gasteiger partial charge in [-0.2, -0.15) is 0 Å². The molecule has 3 aliphatic rings. The fourth-order valence-electron chi connectivity index (χ4n) is 5.34. The number of piperidine rings is 1. The van der Waals surface area contributed by atoms with Gasteiger partial charge >= 0.3 is 6.03 Å². The van der Waals surface area contributed by atoms with Crippen molar-refractivity contribution in [2.24, 2.45) is 0 Å². The highest BCUT2D eigenvalue weighted by Crippen LogP contribution is 2.30. The normalized spacial score (nSPS) is 26.4. The molecule has 1 aromatic carbocycles. The number of hydrogen-bond acceptors (Lipinski definition) is 4. The van der Waals surface area contributed by atoms with Gasteiger partial charge in [0.05, 0.1) is 10.1 Å². The van der Waals surface area contributed by atoms with Gasteiger partial charge in [-0.3, -0.25) is 0 Å². The van der Waals surface area contributed by atoms with Crippen molar-refractivity contribution in [1.82, 2.24) is 10.2 Å². The number of nitrogens with one attached hydrogen (secondary N) is 2. The average molecular weight is 434 g/mol. The van der Waals surface area contributed by atoms with Gasteiger partial charge in [-0.15, -0.1) is 0 Å². The molecule has 0 atom stereocenters. The van der Waals surface area contributed by atoms with Crippen LogP contribution in [0, 0.1) is 0 Å². The molecule has 0 unspecified atom stereocenters. The zero-order valence-electron chi connectivity index (χ0n) is 17.8. The van der Waals surface area contributed by atoms with Crippen LogP contribution in [0.2, 0.25) is 0 Å². The number of sulfone groups is 1. The lowest BCUT2D eigenvalue weighted by Gasteiger charge is -2.39. The topological polar surface area (TPSA) is 78.5 Å². The summed E-state index contributed by atoms with van der Waals surface area (Å²) < 4.78 is 25.3. The molecule has 2 N–H and O–H groups in total. The highest BCUT2D eigenvalue weighted by Gasteiger charge is 2.30. The lowest BCUT2D eigenvalue weighted by molar-refractivity contribution is 0.122. The standard InChI is InChI=1S/C23H35N3O3S/c27-23(24-18-8-12-20(13-9-18)26-16-4-1-5-17-26)25-19-10-14-22(15-11-19)30(28,29)21-6-2-3-7-21/h10-11,14-15,18,20-21H,1-9,12-13,16-17H2,(H2,24,25,27). The minimum atomic E-state index is -3.25. The summed E-state index contributed by atoms with van der Waals surface area (Å²) in [5.41, 5.74) is 0.625. The van der Waals surface area contributed by atoms with Crippen molar-refractivity contribution >= 4 is 21.6 Å². The third-order valence-corrected chi connectivity index (χ3v) is 9.40. The first kappa shape index (κ1) is 21.6. The number of amides is 2. The molecular formula is C23H35N3O3S. The van der Waals surface area contributed by atoms with Crippen molar-refractivity contribution in [2.75, 3.05) is 18.4 Å². The molecule has 7 heteroatoms. The van der Waals surface area contributed by atoms with Gasteiger partial charge in [-0.05, 0) is 88.7 Å². The molecule has 3 fully saturated rings. The predicted octanol–water partition coefficient (Wildman–Crippen LogP) is 4.32. The van der Waals surface area contributed by atoms with E-state index in [9.17, 15) is 13.2 Å². The van der Waals surface area contributed by atoms with Gasteiger partial charge < -0.3 is 15.5 Å². The van der Waals surface area contributed by atoms with Crippen molar-refractivity contribution in [1.29, 1.82) is 0 Å². The Kier molecular flexibility index (Phi) is 6.98. The van der Waals surface area contributed by atoms with Crippen LogP contribution in [-0.2, 0) is 9.84 Å². The molecule has 2 aliphatic carbocycles. The zero-order chi connectivity index (χ0) is 21.0. The molecule has 30 heavy (non-hydrogen) atoms. The quantitative estimate of drug-likeness (QED) is 0.725. The fourth-order valence-corrected chi connectivity index (χ4v) is 7.19. The van der Waals surface area contributed by atoms with Gasteiger partial charge in [-0.1, -0.05) is 19.3 Å². The van der Waals surface area contributed by atoms with E-state index in [2.05, 4.69) is 15.5 Å². The zero-order valence-corrected chi connectivity index (χ0v) is 18.6. The number of carbonyl (C=O) groups is 1. The molecule has 1 saturated heterocycles. The van der Waals surface area contributed by atoms with Crippen molar-refractivity contribution in [3.05, 3.63) is 24.3 Å². The number of urea groups is 1. The summed E-state index contributed by atoms with van der Waals surface area (Å²) in [5, 5.41) is 5.70. The third-order valence-electron chi connectivity index (χ3n) is 7.12. The minimum Gasteiger partial charge on any atom is -0.335 e. The van der Waals surface area contributed by atoms with E-state index < -0.39 is 9.84 Å². The fraction of sp³-hybridized carbons (Fsp3) is 0.696. The maximum absolute atomic E-state index is 12.7. The van der Waals surface area contributed by atoms with E-state index >= 15 is 0 Å². The first-order chi connectivity index (χ1) is 14.5. The van der Waals surface area contributed by atoms with E-state index in [4.69, 9.17) is 0 Å². The van der Waals surface area contributed by atoms with E-state index in [1.54, 1.807) is 24.3 Å². The molecule has 1 aromatic rings. The molecular weight excluding hydrogens is 398 g/mol. The molecule has 166 valence electrons. The molecule has 0 bridgehead atoms. The molecule has 2 amide bonds. The van der Waals surface area contributed by atoms with Gasteiger partial charge in [0.15, 0.2) is 9.84 Å². The number of rotatable bonds is 5. The van der Waals surface area contributed by atoms with Crippen LogP contribution in [0.1, 0.15) is 70.6 Å². The third kappa shape index (κ3) is 5.17. The highest BCUT2D eigenvalue weighted by atomic mass is 32.2. The van der Waals surface area contributed by atoms with E-state index in [1.165, 1.54) is 32.4 Å². The van der Waals surface area contributed by atoms with E-state index in [1.807, 2.05) is 0 Å². The summed E-state index contributed by atoms with van der Waals surface area (Å²) >= 11 is 0. The van der Waals surface area contributed by atoms with E-state index in [0.29, 0.717) is 16.6 Å². The SMILES string of the molecule is O=C(Nc1ccc(S(=O)(=O)C2CCCC2)cc1)NC1CCC(N2CCCCC2)CC1. The monoisotopic (exact) mass is 433 g/mol. The average Bonchev–Trinajstić information content (AvgIpc) is 3.31. The second-order valence-electron chi connectivity index (χ2n) is 9.18. The van der Waals surface area contributed by atoms with Crippen LogP contribution in [-0.4, -0.2) is 49.8 Å². The molecule has 1 aliphatic heterocycles. The maximum Gasteiger partial charge on any atom is 0.319 e. The second-order valence-corrected chi connectivity index (χ2v) is 11.4. The van der Waals surface area contributed by atoms with Crippen LogP contribution < -0.4 is 10.6 Å². The van der Waals surface area contributed by atoms with Crippen molar-refractivity contribution < 1.29 is 13.2 Å². The number of carbonyl (C=O) groups excluding carboxylic acids is 1. The lowest BCUT2D eigenvalue weighted by atomic mass is 9.89.